The van der Waals surface area contributed by atoms with Crippen LogP contribution in [-0.4, -0.2) is 9.78 Å². The van der Waals surface area contributed by atoms with Gasteiger partial charge in [0.1, 0.15) is 0 Å². The largest absolute Gasteiger partial charge is 0.324 e. The van der Waals surface area contributed by atoms with Gasteiger partial charge < -0.3 is 5.73 Å². The molecule has 0 saturated heterocycles. The van der Waals surface area contributed by atoms with Crippen LogP contribution in [0.3, 0.4) is 0 Å². The minimum Gasteiger partial charge on any atom is -0.324 e. The summed E-state index contributed by atoms with van der Waals surface area (Å²) < 4.78 is 3.15. The molecule has 3 nitrogen and oxygen atoms in total. The summed E-state index contributed by atoms with van der Waals surface area (Å²) in [5.74, 6) is 0. The second-order valence-corrected chi connectivity index (χ2v) is 5.32. The van der Waals surface area contributed by atoms with E-state index in [0.29, 0.717) is 0 Å². The lowest BCUT2D eigenvalue weighted by Crippen LogP contribution is -2.13. The van der Waals surface area contributed by atoms with Crippen molar-refractivity contribution in [3.05, 3.63) is 51.4 Å². The van der Waals surface area contributed by atoms with Crippen molar-refractivity contribution in [2.45, 2.75) is 25.9 Å². The molecule has 2 aromatic rings. The molecule has 1 atom stereocenters. The highest BCUT2D eigenvalue weighted by molar-refractivity contribution is 14.1. The fourth-order valence-electron chi connectivity index (χ4n) is 1.79. The third-order valence-electron chi connectivity index (χ3n) is 2.74. The van der Waals surface area contributed by atoms with Gasteiger partial charge in [0, 0.05) is 22.4 Å². The van der Waals surface area contributed by atoms with Crippen LogP contribution in [0.2, 0.25) is 0 Å². The SMILES string of the molecule is CCn1cc(CC(N)c2cccc(I)c2)cn1. The first-order chi connectivity index (χ1) is 8.19. The maximum Gasteiger partial charge on any atom is 0.0522 e. The normalized spacial score (nSPS) is 12.6. The summed E-state index contributed by atoms with van der Waals surface area (Å²) in [5.41, 5.74) is 8.58. The molecule has 2 rings (SSSR count). The molecule has 0 aliphatic rings. The minimum absolute atomic E-state index is 0.0409. The Bertz CT molecular complexity index is 493. The molecule has 0 amide bonds. The molecular formula is C13H16IN3. The Balaban J connectivity index is 2.08. The lowest BCUT2D eigenvalue weighted by Gasteiger charge is -2.10. The summed E-state index contributed by atoms with van der Waals surface area (Å²) in [6.07, 6.45) is 4.80. The molecule has 1 aromatic heterocycles. The third-order valence-corrected chi connectivity index (χ3v) is 3.41. The van der Waals surface area contributed by atoms with Crippen molar-refractivity contribution in [1.29, 1.82) is 0 Å². The molecule has 4 heteroatoms. The Kier molecular flexibility index (Phi) is 4.17. The molecule has 0 fully saturated rings. The fraction of sp³-hybridized carbons (Fsp3) is 0.308. The van der Waals surface area contributed by atoms with Crippen molar-refractivity contribution >= 4 is 22.6 Å². The van der Waals surface area contributed by atoms with Crippen LogP contribution in [0.25, 0.3) is 0 Å². The second kappa shape index (κ2) is 5.64. The van der Waals surface area contributed by atoms with Gasteiger partial charge >= 0.3 is 0 Å². The minimum atomic E-state index is 0.0409. The average Bonchev–Trinajstić information content (AvgIpc) is 2.77. The predicted molar refractivity (Wildman–Crippen MR) is 77.7 cm³/mol. The van der Waals surface area contributed by atoms with Gasteiger partial charge in [0.05, 0.1) is 6.20 Å². The first-order valence-corrected chi connectivity index (χ1v) is 6.79. The predicted octanol–water partition coefficient (Wildman–Crippen LogP) is 2.75. The van der Waals surface area contributed by atoms with Crippen LogP contribution < -0.4 is 5.73 Å². The summed E-state index contributed by atoms with van der Waals surface area (Å²) in [7, 11) is 0. The lowest BCUT2D eigenvalue weighted by molar-refractivity contribution is 0.657. The van der Waals surface area contributed by atoms with E-state index in [1.165, 1.54) is 14.7 Å². The second-order valence-electron chi connectivity index (χ2n) is 4.07. The van der Waals surface area contributed by atoms with E-state index >= 15 is 0 Å². The van der Waals surface area contributed by atoms with Crippen LogP contribution in [0, 0.1) is 3.57 Å². The van der Waals surface area contributed by atoms with E-state index < -0.39 is 0 Å². The molecule has 2 N–H and O–H groups in total. The summed E-state index contributed by atoms with van der Waals surface area (Å²) >= 11 is 2.31. The number of aryl methyl sites for hydroxylation is 1. The number of hydrogen-bond acceptors (Lipinski definition) is 2. The number of benzene rings is 1. The Morgan fingerprint density at radius 3 is 2.94 bits per heavy atom. The van der Waals surface area contributed by atoms with Crippen LogP contribution in [0.1, 0.15) is 24.1 Å². The van der Waals surface area contributed by atoms with Crippen LogP contribution in [-0.2, 0) is 13.0 Å². The molecule has 0 aliphatic carbocycles. The van der Waals surface area contributed by atoms with E-state index in [4.69, 9.17) is 5.73 Å². The molecule has 17 heavy (non-hydrogen) atoms. The topological polar surface area (TPSA) is 43.8 Å². The van der Waals surface area contributed by atoms with Gasteiger partial charge in [-0.3, -0.25) is 4.68 Å². The van der Waals surface area contributed by atoms with E-state index in [1.807, 2.05) is 16.9 Å². The zero-order valence-electron chi connectivity index (χ0n) is 9.81. The first kappa shape index (κ1) is 12.6. The number of nitrogens with zero attached hydrogens (tertiary/aromatic N) is 2. The van der Waals surface area contributed by atoms with E-state index in [0.717, 1.165) is 13.0 Å². The first-order valence-electron chi connectivity index (χ1n) is 5.71. The number of nitrogens with two attached hydrogens (primary N) is 1. The molecule has 1 unspecified atom stereocenters. The van der Waals surface area contributed by atoms with Gasteiger partial charge in [-0.05, 0) is 59.2 Å². The van der Waals surface area contributed by atoms with Crippen LogP contribution in [0.5, 0.6) is 0 Å². The quantitative estimate of drug-likeness (QED) is 0.869. The third kappa shape index (κ3) is 3.29. The molecule has 0 spiro atoms. The molecule has 1 aromatic carbocycles. The Morgan fingerprint density at radius 2 is 2.29 bits per heavy atom. The molecule has 90 valence electrons. The summed E-state index contributed by atoms with van der Waals surface area (Å²) in [6, 6.07) is 8.38. The maximum atomic E-state index is 6.21. The molecule has 1 heterocycles. The molecular weight excluding hydrogens is 325 g/mol. The fourth-order valence-corrected chi connectivity index (χ4v) is 2.36. The van der Waals surface area contributed by atoms with Gasteiger partial charge in [-0.2, -0.15) is 5.10 Å². The van der Waals surface area contributed by atoms with Gasteiger partial charge in [-0.1, -0.05) is 12.1 Å². The number of hydrogen-bond donors (Lipinski definition) is 1. The average molecular weight is 341 g/mol. The van der Waals surface area contributed by atoms with Crippen molar-refractivity contribution in [3.63, 3.8) is 0 Å². The summed E-state index contributed by atoms with van der Waals surface area (Å²) in [5, 5.41) is 4.26. The smallest absolute Gasteiger partial charge is 0.0522 e. The van der Waals surface area contributed by atoms with Crippen LogP contribution in [0.15, 0.2) is 36.7 Å². The van der Waals surface area contributed by atoms with Gasteiger partial charge in [0.25, 0.3) is 0 Å². The van der Waals surface area contributed by atoms with Gasteiger partial charge in [-0.15, -0.1) is 0 Å². The highest BCUT2D eigenvalue weighted by Gasteiger charge is 2.08. The Hall–Kier alpha value is -0.880. The molecule has 0 bridgehead atoms. The Labute approximate surface area is 115 Å². The van der Waals surface area contributed by atoms with Crippen LogP contribution >= 0.6 is 22.6 Å². The van der Waals surface area contributed by atoms with Gasteiger partial charge in [-0.25, -0.2) is 0 Å². The zero-order chi connectivity index (χ0) is 12.3. The molecule has 0 aliphatic heterocycles. The van der Waals surface area contributed by atoms with Gasteiger partial charge in [0.2, 0.25) is 0 Å². The summed E-state index contributed by atoms with van der Waals surface area (Å²) in [6.45, 7) is 2.98. The molecule has 0 saturated carbocycles. The van der Waals surface area contributed by atoms with Crippen molar-refractivity contribution < 1.29 is 0 Å². The van der Waals surface area contributed by atoms with Crippen molar-refractivity contribution in [3.8, 4) is 0 Å². The van der Waals surface area contributed by atoms with E-state index in [9.17, 15) is 0 Å². The van der Waals surface area contributed by atoms with Crippen molar-refractivity contribution in [2.24, 2.45) is 5.73 Å². The van der Waals surface area contributed by atoms with Crippen LogP contribution in [0.4, 0.5) is 0 Å². The zero-order valence-corrected chi connectivity index (χ0v) is 12.0. The number of rotatable bonds is 4. The highest BCUT2D eigenvalue weighted by atomic mass is 127. The molecule has 0 radical (unpaired) electrons. The van der Waals surface area contributed by atoms with E-state index in [-0.39, 0.29) is 6.04 Å². The standard InChI is InChI=1S/C13H16IN3/c1-2-17-9-10(8-16-17)6-13(15)11-4-3-5-12(14)7-11/h3-5,7-9,13H,2,6,15H2,1H3. The van der Waals surface area contributed by atoms with Crippen molar-refractivity contribution in [2.75, 3.05) is 0 Å². The maximum absolute atomic E-state index is 6.21. The van der Waals surface area contributed by atoms with E-state index in [2.05, 4.69) is 59.0 Å². The van der Waals surface area contributed by atoms with Gasteiger partial charge in [0.15, 0.2) is 0 Å². The Morgan fingerprint density at radius 1 is 1.47 bits per heavy atom. The number of aromatic nitrogens is 2. The lowest BCUT2D eigenvalue weighted by atomic mass is 10.0. The van der Waals surface area contributed by atoms with Crippen molar-refractivity contribution in [1.82, 2.24) is 9.78 Å². The monoisotopic (exact) mass is 341 g/mol. The highest BCUT2D eigenvalue weighted by Crippen LogP contribution is 2.17. The number of halogens is 1. The van der Waals surface area contributed by atoms with E-state index in [1.54, 1.807) is 0 Å². The summed E-state index contributed by atoms with van der Waals surface area (Å²) in [4.78, 5) is 0.